The van der Waals surface area contributed by atoms with Crippen molar-refractivity contribution in [1.29, 1.82) is 0 Å². The summed E-state index contributed by atoms with van der Waals surface area (Å²) in [7, 11) is -1.06. The number of hydrogen-bond donors (Lipinski definition) is 2. The van der Waals surface area contributed by atoms with Gasteiger partial charge in [-0.2, -0.15) is 0 Å². The molecule has 0 aromatic rings. The van der Waals surface area contributed by atoms with E-state index >= 15 is 0 Å². The fraction of sp³-hybridized carbons (Fsp3) is 0.944. The van der Waals surface area contributed by atoms with Crippen molar-refractivity contribution in [3.8, 4) is 0 Å². The van der Waals surface area contributed by atoms with E-state index < -0.39 is 9.84 Å². The van der Waals surface area contributed by atoms with Crippen LogP contribution in [0.4, 0.5) is 0 Å². The molecule has 2 aliphatic rings. The minimum atomic E-state index is -2.83. The van der Waals surface area contributed by atoms with E-state index in [9.17, 15) is 8.42 Å². The third-order valence-electron chi connectivity index (χ3n) is 5.69. The molecule has 2 saturated heterocycles. The van der Waals surface area contributed by atoms with Crippen molar-refractivity contribution in [3.63, 3.8) is 0 Å². The molecule has 8 heteroatoms. The van der Waals surface area contributed by atoms with E-state index in [0.717, 1.165) is 58.1 Å². The van der Waals surface area contributed by atoms with Crippen molar-refractivity contribution in [2.75, 3.05) is 57.9 Å². The molecule has 2 aliphatic heterocycles. The van der Waals surface area contributed by atoms with Gasteiger partial charge in [0, 0.05) is 39.3 Å². The monoisotopic (exact) mass is 388 g/mol. The Morgan fingerprint density at radius 3 is 2.46 bits per heavy atom. The van der Waals surface area contributed by atoms with Crippen LogP contribution in [0.15, 0.2) is 4.99 Å². The maximum absolute atomic E-state index is 11.6. The third-order valence-corrected chi connectivity index (χ3v) is 7.53. The van der Waals surface area contributed by atoms with Gasteiger partial charge in [0.15, 0.2) is 15.8 Å². The molecule has 0 aromatic heterocycles. The van der Waals surface area contributed by atoms with E-state index in [0.29, 0.717) is 30.0 Å². The average molecular weight is 389 g/mol. The van der Waals surface area contributed by atoms with Gasteiger partial charge in [0.1, 0.15) is 0 Å². The molecule has 2 rings (SSSR count). The molecule has 26 heavy (non-hydrogen) atoms. The summed E-state index contributed by atoms with van der Waals surface area (Å²) in [6, 6.07) is 0.458. The van der Waals surface area contributed by atoms with Crippen LogP contribution in [0.5, 0.6) is 0 Å². The van der Waals surface area contributed by atoms with Crippen molar-refractivity contribution in [2.24, 2.45) is 16.8 Å². The van der Waals surface area contributed by atoms with E-state index in [1.165, 1.54) is 0 Å². The second kappa shape index (κ2) is 10.5. The number of ether oxygens (including phenoxy) is 1. The van der Waals surface area contributed by atoms with Gasteiger partial charge in [-0.05, 0) is 18.3 Å². The third kappa shape index (κ3) is 6.39. The number of guanidine groups is 1. The van der Waals surface area contributed by atoms with Crippen LogP contribution in [0.2, 0.25) is 0 Å². The van der Waals surface area contributed by atoms with Gasteiger partial charge >= 0.3 is 0 Å². The summed E-state index contributed by atoms with van der Waals surface area (Å²) < 4.78 is 28.7. The lowest BCUT2D eigenvalue weighted by Crippen LogP contribution is -2.53. The Bertz CT molecular complexity index is 543. The van der Waals surface area contributed by atoms with Crippen molar-refractivity contribution in [3.05, 3.63) is 0 Å². The summed E-state index contributed by atoms with van der Waals surface area (Å²) >= 11 is 0. The molecule has 152 valence electrons. The molecule has 0 amide bonds. The zero-order chi connectivity index (χ0) is 19.0. The highest BCUT2D eigenvalue weighted by molar-refractivity contribution is 7.91. The molecule has 0 spiro atoms. The van der Waals surface area contributed by atoms with Gasteiger partial charge in [0.25, 0.3) is 0 Å². The van der Waals surface area contributed by atoms with Crippen LogP contribution < -0.4 is 10.6 Å². The maximum atomic E-state index is 11.6. The topological polar surface area (TPSA) is 83.0 Å². The summed E-state index contributed by atoms with van der Waals surface area (Å²) in [5.41, 5.74) is 0. The minimum Gasteiger partial charge on any atom is -0.379 e. The summed E-state index contributed by atoms with van der Waals surface area (Å²) in [5, 5.41) is 6.78. The zero-order valence-electron chi connectivity index (χ0n) is 16.5. The Labute approximate surface area is 158 Å². The van der Waals surface area contributed by atoms with E-state index in [4.69, 9.17) is 4.74 Å². The van der Waals surface area contributed by atoms with Gasteiger partial charge in [0.2, 0.25) is 0 Å². The summed E-state index contributed by atoms with van der Waals surface area (Å²) in [6.45, 7) is 9.59. The molecule has 0 aliphatic carbocycles. The Morgan fingerprint density at radius 1 is 1.23 bits per heavy atom. The summed E-state index contributed by atoms with van der Waals surface area (Å²) in [6.07, 6.45) is 3.06. The predicted molar refractivity (Wildman–Crippen MR) is 106 cm³/mol. The molecule has 2 heterocycles. The Kier molecular flexibility index (Phi) is 8.63. The van der Waals surface area contributed by atoms with E-state index in [-0.39, 0.29) is 5.92 Å². The van der Waals surface area contributed by atoms with Gasteiger partial charge < -0.3 is 15.4 Å². The highest BCUT2D eigenvalue weighted by Gasteiger charge is 2.29. The second-order valence-corrected chi connectivity index (χ2v) is 9.62. The van der Waals surface area contributed by atoms with Gasteiger partial charge in [-0.15, -0.1) is 0 Å². The van der Waals surface area contributed by atoms with Crippen molar-refractivity contribution in [1.82, 2.24) is 15.5 Å². The molecular formula is C18H36N4O3S. The van der Waals surface area contributed by atoms with Gasteiger partial charge in [0.05, 0.1) is 24.7 Å². The molecule has 0 radical (unpaired) electrons. The number of sulfone groups is 1. The lowest BCUT2D eigenvalue weighted by atomic mass is 9.92. The fourth-order valence-electron chi connectivity index (χ4n) is 4.03. The summed E-state index contributed by atoms with van der Waals surface area (Å²) in [5.74, 6) is 2.20. The van der Waals surface area contributed by atoms with Crippen LogP contribution >= 0.6 is 0 Å². The molecule has 0 aromatic carbocycles. The van der Waals surface area contributed by atoms with Crippen LogP contribution in [0, 0.1) is 11.8 Å². The van der Waals surface area contributed by atoms with Crippen molar-refractivity contribution >= 4 is 15.8 Å². The predicted octanol–water partition coefficient (Wildman–Crippen LogP) is 0.723. The standard InChI is InChI=1S/C18H36N4O3S/c1-4-16(5-2)17(22-7-9-25-10-8-22)13-21-18(19-3)20-12-15-6-11-26(23,24)14-15/h15-17H,4-14H2,1-3H3,(H2,19,20,21). The molecular weight excluding hydrogens is 352 g/mol. The van der Waals surface area contributed by atoms with Gasteiger partial charge in [-0.1, -0.05) is 26.7 Å². The second-order valence-electron chi connectivity index (χ2n) is 7.40. The molecule has 2 unspecified atom stereocenters. The smallest absolute Gasteiger partial charge is 0.191 e. The summed E-state index contributed by atoms with van der Waals surface area (Å²) in [4.78, 5) is 6.85. The maximum Gasteiger partial charge on any atom is 0.191 e. The Morgan fingerprint density at radius 2 is 1.92 bits per heavy atom. The SMILES string of the molecule is CCC(CC)C(CNC(=NC)NCC1CCS(=O)(=O)C1)N1CCOCC1. The highest BCUT2D eigenvalue weighted by atomic mass is 32.2. The first-order chi connectivity index (χ1) is 12.5. The van der Waals surface area contributed by atoms with Crippen LogP contribution in [0.25, 0.3) is 0 Å². The van der Waals surface area contributed by atoms with Gasteiger partial charge in [-0.25, -0.2) is 8.42 Å². The van der Waals surface area contributed by atoms with Crippen LogP contribution in [0.3, 0.4) is 0 Å². The highest BCUT2D eigenvalue weighted by Crippen LogP contribution is 2.20. The first-order valence-corrected chi connectivity index (χ1v) is 11.8. The average Bonchev–Trinajstić information content (AvgIpc) is 3.00. The fourth-order valence-corrected chi connectivity index (χ4v) is 5.89. The largest absolute Gasteiger partial charge is 0.379 e. The number of morpholine rings is 1. The van der Waals surface area contributed by atoms with E-state index in [1.54, 1.807) is 7.05 Å². The molecule has 0 bridgehead atoms. The number of nitrogens with one attached hydrogen (secondary N) is 2. The lowest BCUT2D eigenvalue weighted by Gasteiger charge is -2.39. The van der Waals surface area contributed by atoms with E-state index in [2.05, 4.69) is 34.4 Å². The Hall–Kier alpha value is -0.860. The lowest BCUT2D eigenvalue weighted by molar-refractivity contribution is 0.00272. The number of rotatable bonds is 8. The number of aliphatic imine (C=N–C) groups is 1. The number of hydrogen-bond acceptors (Lipinski definition) is 5. The normalized spacial score (nSPS) is 25.4. The molecule has 0 saturated carbocycles. The number of nitrogens with zero attached hydrogens (tertiary/aromatic N) is 2. The van der Waals surface area contributed by atoms with Crippen LogP contribution in [-0.2, 0) is 14.6 Å². The molecule has 2 atom stereocenters. The zero-order valence-corrected chi connectivity index (χ0v) is 17.4. The van der Waals surface area contributed by atoms with Crippen molar-refractivity contribution < 1.29 is 13.2 Å². The molecule has 2 fully saturated rings. The minimum absolute atomic E-state index is 0.188. The quantitative estimate of drug-likeness (QED) is 0.471. The van der Waals surface area contributed by atoms with E-state index in [1.807, 2.05) is 0 Å². The van der Waals surface area contributed by atoms with Crippen molar-refractivity contribution in [2.45, 2.75) is 39.2 Å². The first-order valence-electron chi connectivity index (χ1n) is 9.95. The van der Waals surface area contributed by atoms with Crippen LogP contribution in [0.1, 0.15) is 33.1 Å². The van der Waals surface area contributed by atoms with Gasteiger partial charge in [-0.3, -0.25) is 9.89 Å². The molecule has 2 N–H and O–H groups in total. The van der Waals surface area contributed by atoms with Crippen LogP contribution in [-0.4, -0.2) is 83.3 Å². The Balaban J connectivity index is 1.86. The first kappa shape index (κ1) is 21.4. The molecule has 7 nitrogen and oxygen atoms in total.